The largest absolute Gasteiger partial charge is 0.411 e. The monoisotopic (exact) mass is 254 g/mol. The fourth-order valence-corrected chi connectivity index (χ4v) is 1.88. The maximum atomic E-state index is 11.7. The van der Waals surface area contributed by atoms with Crippen molar-refractivity contribution in [3.05, 3.63) is 0 Å². The van der Waals surface area contributed by atoms with Crippen molar-refractivity contribution in [2.24, 2.45) is 0 Å². The second-order valence-corrected chi connectivity index (χ2v) is 4.32. The van der Waals surface area contributed by atoms with Crippen LogP contribution in [-0.2, 0) is 4.74 Å². The average molecular weight is 254 g/mol. The first-order valence-corrected chi connectivity index (χ1v) is 6.15. The first-order valence-electron chi connectivity index (χ1n) is 6.15. The Hall–Kier alpha value is -0.330. The van der Waals surface area contributed by atoms with E-state index in [9.17, 15) is 13.2 Å². The van der Waals surface area contributed by atoms with Gasteiger partial charge in [-0.05, 0) is 25.9 Å². The van der Waals surface area contributed by atoms with Gasteiger partial charge < -0.3 is 15.0 Å². The van der Waals surface area contributed by atoms with Gasteiger partial charge in [0.1, 0.15) is 6.61 Å². The molecule has 102 valence electrons. The predicted molar refractivity (Wildman–Crippen MR) is 60.0 cm³/mol. The van der Waals surface area contributed by atoms with Gasteiger partial charge in [0.15, 0.2) is 0 Å². The zero-order valence-electron chi connectivity index (χ0n) is 10.1. The second kappa shape index (κ2) is 7.89. The van der Waals surface area contributed by atoms with Gasteiger partial charge in [-0.15, -0.1) is 0 Å². The molecule has 0 amide bonds. The Morgan fingerprint density at radius 1 is 1.06 bits per heavy atom. The van der Waals surface area contributed by atoms with Gasteiger partial charge in [0, 0.05) is 19.6 Å². The van der Waals surface area contributed by atoms with Crippen molar-refractivity contribution < 1.29 is 17.9 Å². The number of alkyl halides is 3. The molecule has 0 unspecified atom stereocenters. The van der Waals surface area contributed by atoms with Crippen LogP contribution in [-0.4, -0.2) is 57.0 Å². The molecule has 1 aliphatic heterocycles. The molecule has 0 bridgehead atoms. The van der Waals surface area contributed by atoms with E-state index in [4.69, 9.17) is 0 Å². The minimum Gasteiger partial charge on any atom is -0.371 e. The highest BCUT2D eigenvalue weighted by atomic mass is 19.4. The molecule has 0 atom stereocenters. The lowest BCUT2D eigenvalue weighted by atomic mass is 10.1. The van der Waals surface area contributed by atoms with Crippen molar-refractivity contribution in [3.63, 3.8) is 0 Å². The first-order chi connectivity index (χ1) is 8.08. The Morgan fingerprint density at radius 3 is 2.41 bits per heavy atom. The average Bonchev–Trinajstić information content (AvgIpc) is 2.28. The van der Waals surface area contributed by atoms with Crippen LogP contribution in [0.3, 0.4) is 0 Å². The highest BCUT2D eigenvalue weighted by molar-refractivity contribution is 4.65. The van der Waals surface area contributed by atoms with Crippen LogP contribution in [0.4, 0.5) is 13.2 Å². The van der Waals surface area contributed by atoms with Gasteiger partial charge >= 0.3 is 6.18 Å². The van der Waals surface area contributed by atoms with Crippen LogP contribution in [0, 0.1) is 0 Å². The van der Waals surface area contributed by atoms with Crippen molar-refractivity contribution in [2.45, 2.75) is 25.4 Å². The molecule has 0 saturated carbocycles. The zero-order valence-corrected chi connectivity index (χ0v) is 10.1. The van der Waals surface area contributed by atoms with Crippen molar-refractivity contribution in [1.29, 1.82) is 0 Å². The summed E-state index contributed by atoms with van der Waals surface area (Å²) >= 11 is 0. The van der Waals surface area contributed by atoms with Gasteiger partial charge in [-0.2, -0.15) is 13.2 Å². The molecular weight excluding hydrogens is 233 g/mol. The topological polar surface area (TPSA) is 24.5 Å². The quantitative estimate of drug-likeness (QED) is 0.699. The van der Waals surface area contributed by atoms with Crippen molar-refractivity contribution >= 4 is 0 Å². The Morgan fingerprint density at radius 2 is 1.76 bits per heavy atom. The Kier molecular flexibility index (Phi) is 6.84. The van der Waals surface area contributed by atoms with Gasteiger partial charge in [-0.3, -0.25) is 0 Å². The van der Waals surface area contributed by atoms with Crippen molar-refractivity contribution in [2.75, 3.05) is 45.9 Å². The summed E-state index contributed by atoms with van der Waals surface area (Å²) in [7, 11) is 0. The number of halogens is 3. The van der Waals surface area contributed by atoms with E-state index in [-0.39, 0.29) is 6.61 Å². The molecule has 1 heterocycles. The van der Waals surface area contributed by atoms with Gasteiger partial charge in [0.25, 0.3) is 0 Å². The molecule has 0 aromatic heterocycles. The van der Waals surface area contributed by atoms with E-state index < -0.39 is 12.8 Å². The molecule has 3 nitrogen and oxygen atoms in total. The lowest BCUT2D eigenvalue weighted by molar-refractivity contribution is -0.173. The minimum absolute atomic E-state index is 0.111. The van der Waals surface area contributed by atoms with E-state index >= 15 is 0 Å². The summed E-state index contributed by atoms with van der Waals surface area (Å²) in [5, 5.41) is 3.08. The van der Waals surface area contributed by atoms with Gasteiger partial charge in [0.2, 0.25) is 0 Å². The molecule has 1 N–H and O–H groups in total. The van der Waals surface area contributed by atoms with Crippen LogP contribution in [0.2, 0.25) is 0 Å². The standard InChI is InChI=1S/C11H21F3N2O/c12-11(13,14)10-17-9-5-15-4-8-16-6-2-1-3-7-16/h15H,1-10H2. The van der Waals surface area contributed by atoms with Crippen LogP contribution in [0.1, 0.15) is 19.3 Å². The summed E-state index contributed by atoms with van der Waals surface area (Å²) < 4.78 is 39.7. The number of hydrogen-bond acceptors (Lipinski definition) is 3. The molecule has 1 aliphatic rings. The minimum atomic E-state index is -4.21. The van der Waals surface area contributed by atoms with Crippen molar-refractivity contribution in [3.8, 4) is 0 Å². The molecule has 1 fully saturated rings. The SMILES string of the molecule is FC(F)(F)COCCNCCN1CCCCC1. The fourth-order valence-electron chi connectivity index (χ4n) is 1.88. The zero-order chi connectivity index (χ0) is 12.6. The van der Waals surface area contributed by atoms with Crippen LogP contribution >= 0.6 is 0 Å². The molecule has 0 aromatic carbocycles. The van der Waals surface area contributed by atoms with Crippen LogP contribution in [0.5, 0.6) is 0 Å². The molecule has 0 radical (unpaired) electrons. The second-order valence-electron chi connectivity index (χ2n) is 4.32. The molecule has 6 heteroatoms. The Labute approximate surface area is 100 Å². The third kappa shape index (κ3) is 8.40. The number of nitrogens with one attached hydrogen (secondary N) is 1. The summed E-state index contributed by atoms with van der Waals surface area (Å²) in [6.45, 7) is 3.51. The number of hydrogen-bond donors (Lipinski definition) is 1. The first kappa shape index (κ1) is 14.7. The molecular formula is C11H21F3N2O. The molecule has 1 saturated heterocycles. The summed E-state index contributed by atoms with van der Waals surface area (Å²) in [5.74, 6) is 0. The van der Waals surface area contributed by atoms with E-state index in [0.29, 0.717) is 6.54 Å². The van der Waals surface area contributed by atoms with E-state index in [0.717, 1.165) is 26.2 Å². The lowest BCUT2D eigenvalue weighted by Crippen LogP contribution is -2.36. The smallest absolute Gasteiger partial charge is 0.371 e. The Balaban J connectivity index is 1.84. The maximum absolute atomic E-state index is 11.7. The van der Waals surface area contributed by atoms with Crippen LogP contribution in [0.25, 0.3) is 0 Å². The summed E-state index contributed by atoms with van der Waals surface area (Å²) in [6, 6.07) is 0. The van der Waals surface area contributed by atoms with Crippen LogP contribution in [0.15, 0.2) is 0 Å². The van der Waals surface area contributed by atoms with Gasteiger partial charge in [-0.25, -0.2) is 0 Å². The fraction of sp³-hybridized carbons (Fsp3) is 1.00. The third-order valence-corrected chi connectivity index (χ3v) is 2.74. The summed E-state index contributed by atoms with van der Waals surface area (Å²) in [5.41, 5.74) is 0. The highest BCUT2D eigenvalue weighted by Crippen LogP contribution is 2.13. The lowest BCUT2D eigenvalue weighted by Gasteiger charge is -2.26. The van der Waals surface area contributed by atoms with E-state index in [1.165, 1.54) is 19.3 Å². The normalized spacial score (nSPS) is 18.5. The molecule has 0 spiro atoms. The number of nitrogens with zero attached hydrogens (tertiary/aromatic N) is 1. The van der Waals surface area contributed by atoms with E-state index in [1.807, 2.05) is 0 Å². The van der Waals surface area contributed by atoms with Crippen LogP contribution < -0.4 is 5.32 Å². The number of piperidine rings is 1. The summed E-state index contributed by atoms with van der Waals surface area (Å²) in [6.07, 6.45) is -0.383. The molecule has 17 heavy (non-hydrogen) atoms. The van der Waals surface area contributed by atoms with Gasteiger partial charge in [-0.1, -0.05) is 6.42 Å². The predicted octanol–water partition coefficient (Wildman–Crippen LogP) is 1.64. The summed E-state index contributed by atoms with van der Waals surface area (Å²) in [4.78, 5) is 2.38. The highest BCUT2D eigenvalue weighted by Gasteiger charge is 2.27. The third-order valence-electron chi connectivity index (χ3n) is 2.74. The van der Waals surface area contributed by atoms with Gasteiger partial charge in [0.05, 0.1) is 6.61 Å². The maximum Gasteiger partial charge on any atom is 0.411 e. The van der Waals surface area contributed by atoms with E-state index in [2.05, 4.69) is 15.0 Å². The molecule has 0 aromatic rings. The van der Waals surface area contributed by atoms with E-state index in [1.54, 1.807) is 0 Å². The molecule has 1 rings (SSSR count). The number of rotatable bonds is 7. The Bertz CT molecular complexity index is 194. The number of likely N-dealkylation sites (tertiary alicyclic amines) is 1. The van der Waals surface area contributed by atoms with Crippen molar-refractivity contribution in [1.82, 2.24) is 10.2 Å². The number of ether oxygens (including phenoxy) is 1. The molecule has 0 aliphatic carbocycles.